The van der Waals surface area contributed by atoms with Crippen molar-refractivity contribution in [3.05, 3.63) is 35.9 Å². The van der Waals surface area contributed by atoms with Crippen molar-refractivity contribution in [2.75, 3.05) is 24.8 Å². The lowest BCUT2D eigenvalue weighted by Gasteiger charge is -2.15. The van der Waals surface area contributed by atoms with Crippen LogP contribution in [0.4, 0.5) is 0 Å². The topological polar surface area (TPSA) is 50.4 Å². The highest BCUT2D eigenvalue weighted by Gasteiger charge is 2.22. The number of amides is 1. The predicted molar refractivity (Wildman–Crippen MR) is 82.5 cm³/mol. The fraction of sp³-hybridized carbons (Fsp3) is 0.533. The first-order valence-corrected chi connectivity index (χ1v) is 8.11. The van der Waals surface area contributed by atoms with E-state index in [9.17, 15) is 4.79 Å². The van der Waals surface area contributed by atoms with Crippen molar-refractivity contribution in [3.63, 3.8) is 0 Å². The molecule has 2 unspecified atom stereocenters. The molecule has 0 spiro atoms. The first-order chi connectivity index (χ1) is 9.75. The molecule has 0 bridgehead atoms. The van der Waals surface area contributed by atoms with Gasteiger partial charge < -0.3 is 10.1 Å². The highest BCUT2D eigenvalue weighted by atomic mass is 32.2. The van der Waals surface area contributed by atoms with Crippen molar-refractivity contribution in [3.8, 4) is 0 Å². The standard InChI is InChI=1S/C15H22N2O2S/c1-12(7-16-15(18)14-10-20-11-17-14)8-19-9-13-5-3-2-4-6-13/h2-6,12,14,17H,7-11H2,1H3,(H,16,18). The van der Waals surface area contributed by atoms with Gasteiger partial charge in [-0.3, -0.25) is 10.1 Å². The fourth-order valence-corrected chi connectivity index (χ4v) is 2.91. The summed E-state index contributed by atoms with van der Waals surface area (Å²) in [6, 6.07) is 10.1. The van der Waals surface area contributed by atoms with E-state index in [-0.39, 0.29) is 11.9 Å². The molecule has 1 amide bonds. The van der Waals surface area contributed by atoms with Gasteiger partial charge in [0.25, 0.3) is 0 Å². The first kappa shape index (κ1) is 15.4. The zero-order valence-corrected chi connectivity index (χ0v) is 12.6. The van der Waals surface area contributed by atoms with Crippen molar-refractivity contribution in [1.29, 1.82) is 0 Å². The van der Waals surface area contributed by atoms with Gasteiger partial charge in [0.1, 0.15) is 0 Å². The van der Waals surface area contributed by atoms with Crippen LogP contribution in [0.1, 0.15) is 12.5 Å². The average Bonchev–Trinajstić information content (AvgIpc) is 3.00. The largest absolute Gasteiger partial charge is 0.376 e. The van der Waals surface area contributed by atoms with E-state index in [1.807, 2.05) is 18.2 Å². The number of hydrogen-bond acceptors (Lipinski definition) is 4. The van der Waals surface area contributed by atoms with Gasteiger partial charge in [-0.1, -0.05) is 37.3 Å². The van der Waals surface area contributed by atoms with E-state index in [0.29, 0.717) is 25.7 Å². The first-order valence-electron chi connectivity index (χ1n) is 6.96. The van der Waals surface area contributed by atoms with Crippen LogP contribution < -0.4 is 10.6 Å². The Balaban J connectivity index is 1.58. The third-order valence-corrected chi connectivity index (χ3v) is 4.11. The van der Waals surface area contributed by atoms with Crippen LogP contribution in [0.25, 0.3) is 0 Å². The Morgan fingerprint density at radius 3 is 3.00 bits per heavy atom. The second-order valence-electron chi connectivity index (χ2n) is 5.12. The predicted octanol–water partition coefficient (Wildman–Crippen LogP) is 1.62. The van der Waals surface area contributed by atoms with Crippen LogP contribution in [0.3, 0.4) is 0 Å². The molecule has 1 aromatic rings. The second-order valence-corrected chi connectivity index (χ2v) is 6.15. The number of benzene rings is 1. The number of ether oxygens (including phenoxy) is 1. The van der Waals surface area contributed by atoms with E-state index < -0.39 is 0 Å². The molecule has 2 atom stereocenters. The molecule has 1 aromatic carbocycles. The number of carbonyl (C=O) groups excluding carboxylic acids is 1. The van der Waals surface area contributed by atoms with Crippen molar-refractivity contribution in [2.45, 2.75) is 19.6 Å². The lowest BCUT2D eigenvalue weighted by atomic mass is 10.2. The summed E-state index contributed by atoms with van der Waals surface area (Å²) in [7, 11) is 0. The fourth-order valence-electron chi connectivity index (χ4n) is 1.97. The minimum absolute atomic E-state index is 0.0302. The summed E-state index contributed by atoms with van der Waals surface area (Å²) in [5.74, 6) is 2.15. The minimum Gasteiger partial charge on any atom is -0.376 e. The summed E-state index contributed by atoms with van der Waals surface area (Å²) in [4.78, 5) is 11.8. The molecule has 0 radical (unpaired) electrons. The second kappa shape index (κ2) is 8.29. The maximum atomic E-state index is 11.8. The van der Waals surface area contributed by atoms with E-state index in [1.54, 1.807) is 11.8 Å². The Bertz CT molecular complexity index is 408. The molecule has 0 aliphatic carbocycles. The summed E-state index contributed by atoms with van der Waals surface area (Å²) in [5, 5.41) is 6.14. The lowest BCUT2D eigenvalue weighted by molar-refractivity contribution is -0.122. The van der Waals surface area contributed by atoms with Crippen molar-refractivity contribution >= 4 is 17.7 Å². The summed E-state index contributed by atoms with van der Waals surface area (Å²) in [6.45, 7) is 4.03. The van der Waals surface area contributed by atoms with Gasteiger partial charge in [0.15, 0.2) is 0 Å². The Morgan fingerprint density at radius 2 is 2.30 bits per heavy atom. The Kier molecular flexibility index (Phi) is 6.36. The molecule has 110 valence electrons. The normalized spacial score (nSPS) is 19.8. The monoisotopic (exact) mass is 294 g/mol. The molecule has 0 aromatic heterocycles. The zero-order valence-electron chi connectivity index (χ0n) is 11.8. The van der Waals surface area contributed by atoms with Gasteiger partial charge in [0.05, 0.1) is 19.3 Å². The van der Waals surface area contributed by atoms with Crippen molar-refractivity contribution in [1.82, 2.24) is 10.6 Å². The third-order valence-electron chi connectivity index (χ3n) is 3.17. The molecule has 2 N–H and O–H groups in total. The van der Waals surface area contributed by atoms with Crippen LogP contribution in [-0.4, -0.2) is 36.7 Å². The molecular formula is C15H22N2O2S. The van der Waals surface area contributed by atoms with Gasteiger partial charge >= 0.3 is 0 Å². The van der Waals surface area contributed by atoms with Gasteiger partial charge in [-0.15, -0.1) is 11.8 Å². The summed E-state index contributed by atoms with van der Waals surface area (Å²) >= 11 is 1.76. The Morgan fingerprint density at radius 1 is 1.50 bits per heavy atom. The molecule has 1 aliphatic heterocycles. The molecule has 5 heteroatoms. The molecule has 20 heavy (non-hydrogen) atoms. The van der Waals surface area contributed by atoms with Gasteiger partial charge in [0, 0.05) is 18.2 Å². The van der Waals surface area contributed by atoms with Crippen LogP contribution in [0.2, 0.25) is 0 Å². The molecular weight excluding hydrogens is 272 g/mol. The highest BCUT2D eigenvalue weighted by molar-refractivity contribution is 7.99. The van der Waals surface area contributed by atoms with Crippen LogP contribution in [0.15, 0.2) is 30.3 Å². The Hall–Kier alpha value is -1.04. The lowest BCUT2D eigenvalue weighted by Crippen LogP contribution is -2.43. The molecule has 2 rings (SSSR count). The van der Waals surface area contributed by atoms with Gasteiger partial charge in [0.2, 0.25) is 5.91 Å². The third kappa shape index (κ3) is 5.15. The quantitative estimate of drug-likeness (QED) is 0.802. The average molecular weight is 294 g/mol. The number of hydrogen-bond donors (Lipinski definition) is 2. The molecule has 0 saturated carbocycles. The number of thioether (sulfide) groups is 1. The molecule has 1 heterocycles. The summed E-state index contributed by atoms with van der Waals surface area (Å²) in [5.41, 5.74) is 1.18. The van der Waals surface area contributed by atoms with Gasteiger partial charge in [-0.05, 0) is 11.5 Å². The van der Waals surface area contributed by atoms with E-state index in [4.69, 9.17) is 4.74 Å². The molecule has 1 saturated heterocycles. The number of nitrogens with one attached hydrogen (secondary N) is 2. The zero-order chi connectivity index (χ0) is 14.2. The van der Waals surface area contributed by atoms with Gasteiger partial charge in [-0.25, -0.2) is 0 Å². The number of carbonyl (C=O) groups is 1. The maximum Gasteiger partial charge on any atom is 0.238 e. The molecule has 4 nitrogen and oxygen atoms in total. The van der Waals surface area contributed by atoms with E-state index in [0.717, 1.165) is 11.6 Å². The number of rotatable bonds is 7. The van der Waals surface area contributed by atoms with Gasteiger partial charge in [-0.2, -0.15) is 0 Å². The smallest absolute Gasteiger partial charge is 0.238 e. The highest BCUT2D eigenvalue weighted by Crippen LogP contribution is 2.09. The van der Waals surface area contributed by atoms with E-state index in [1.165, 1.54) is 5.56 Å². The van der Waals surface area contributed by atoms with E-state index in [2.05, 4.69) is 29.7 Å². The summed E-state index contributed by atoms with van der Waals surface area (Å²) in [6.07, 6.45) is 0. The van der Waals surface area contributed by atoms with E-state index >= 15 is 0 Å². The summed E-state index contributed by atoms with van der Waals surface area (Å²) < 4.78 is 5.67. The Labute approximate surface area is 124 Å². The van der Waals surface area contributed by atoms with Crippen LogP contribution in [0.5, 0.6) is 0 Å². The van der Waals surface area contributed by atoms with Crippen molar-refractivity contribution < 1.29 is 9.53 Å². The molecule has 1 fully saturated rings. The maximum absolute atomic E-state index is 11.8. The minimum atomic E-state index is -0.0302. The van der Waals surface area contributed by atoms with Crippen LogP contribution in [0, 0.1) is 5.92 Å². The molecule has 1 aliphatic rings. The van der Waals surface area contributed by atoms with Crippen LogP contribution >= 0.6 is 11.8 Å². The van der Waals surface area contributed by atoms with Crippen LogP contribution in [-0.2, 0) is 16.1 Å². The SMILES string of the molecule is CC(CNC(=O)C1CSCN1)COCc1ccccc1. The van der Waals surface area contributed by atoms with Crippen molar-refractivity contribution in [2.24, 2.45) is 5.92 Å².